The van der Waals surface area contributed by atoms with Gasteiger partial charge in [0.05, 0.1) is 18.2 Å². The van der Waals surface area contributed by atoms with Crippen LogP contribution < -0.4 is 5.32 Å². The molecule has 25 heavy (non-hydrogen) atoms. The van der Waals surface area contributed by atoms with Crippen LogP contribution in [0.3, 0.4) is 0 Å². The van der Waals surface area contributed by atoms with Crippen molar-refractivity contribution in [2.45, 2.75) is 44.8 Å². The van der Waals surface area contributed by atoms with Crippen LogP contribution >= 0.6 is 0 Å². The van der Waals surface area contributed by atoms with Crippen molar-refractivity contribution in [3.63, 3.8) is 0 Å². The number of alkyl halides is 3. The molecule has 3 rings (SSSR count). The summed E-state index contributed by atoms with van der Waals surface area (Å²) >= 11 is 0. The summed E-state index contributed by atoms with van der Waals surface area (Å²) in [6.45, 7) is 1.85. The van der Waals surface area contributed by atoms with E-state index in [0.29, 0.717) is 29.6 Å². The van der Waals surface area contributed by atoms with Crippen LogP contribution in [0.15, 0.2) is 18.5 Å². The van der Waals surface area contributed by atoms with Crippen LogP contribution in [0.25, 0.3) is 11.0 Å². The Hall–Kier alpha value is -2.25. The van der Waals surface area contributed by atoms with Gasteiger partial charge in [0.15, 0.2) is 0 Å². The van der Waals surface area contributed by atoms with Gasteiger partial charge in [0.25, 0.3) is 0 Å². The maximum atomic E-state index is 13.4. The van der Waals surface area contributed by atoms with E-state index in [9.17, 15) is 18.0 Å². The first-order valence-electron chi connectivity index (χ1n) is 8.38. The summed E-state index contributed by atoms with van der Waals surface area (Å²) in [4.78, 5) is 19.3. The molecule has 0 aliphatic heterocycles. The van der Waals surface area contributed by atoms with E-state index in [1.54, 1.807) is 19.2 Å². The second-order valence-electron chi connectivity index (χ2n) is 6.19. The number of hydrogen-bond acceptors (Lipinski definition) is 4. The lowest BCUT2D eigenvalue weighted by molar-refractivity contribution is -0.184. The van der Waals surface area contributed by atoms with Gasteiger partial charge >= 0.3 is 12.1 Å². The highest BCUT2D eigenvalue weighted by molar-refractivity contribution is 6.04. The molecule has 1 aliphatic carbocycles. The van der Waals surface area contributed by atoms with E-state index >= 15 is 0 Å². The van der Waals surface area contributed by atoms with Gasteiger partial charge in [0.1, 0.15) is 11.2 Å². The number of esters is 1. The molecule has 2 heterocycles. The first-order chi connectivity index (χ1) is 11.9. The molecular formula is C17H20F3N3O2. The predicted molar refractivity (Wildman–Crippen MR) is 87.5 cm³/mol. The fraction of sp³-hybridized carbons (Fsp3) is 0.529. The normalized spacial score (nSPS) is 21.3. The molecular weight excluding hydrogens is 335 g/mol. The van der Waals surface area contributed by atoms with Crippen molar-refractivity contribution in [3.8, 4) is 0 Å². The molecule has 0 unspecified atom stereocenters. The van der Waals surface area contributed by atoms with Gasteiger partial charge in [-0.1, -0.05) is 12.8 Å². The molecule has 0 spiro atoms. The number of nitrogens with zero attached hydrogens (tertiary/aromatic N) is 1. The second-order valence-corrected chi connectivity index (χ2v) is 6.19. The number of carbonyl (C=O) groups excluding carboxylic acids is 1. The molecule has 0 saturated heterocycles. The van der Waals surface area contributed by atoms with Gasteiger partial charge in [-0.05, 0) is 25.8 Å². The van der Waals surface area contributed by atoms with Gasteiger partial charge in [-0.25, -0.2) is 9.78 Å². The monoisotopic (exact) mass is 355 g/mol. The lowest BCUT2D eigenvalue weighted by Crippen LogP contribution is -2.41. The Balaban J connectivity index is 1.99. The molecule has 136 valence electrons. The van der Waals surface area contributed by atoms with Gasteiger partial charge in [-0.15, -0.1) is 0 Å². The van der Waals surface area contributed by atoms with Gasteiger partial charge in [-0.2, -0.15) is 13.2 Å². The molecule has 2 aromatic rings. The molecule has 1 aliphatic rings. The summed E-state index contributed by atoms with van der Waals surface area (Å²) in [5.74, 6) is -2.03. The molecule has 1 saturated carbocycles. The van der Waals surface area contributed by atoms with Crippen molar-refractivity contribution in [1.82, 2.24) is 9.97 Å². The predicted octanol–water partition coefficient (Wildman–Crippen LogP) is 4.27. The maximum absolute atomic E-state index is 13.4. The summed E-state index contributed by atoms with van der Waals surface area (Å²) in [5.41, 5.74) is 1.02. The molecule has 0 radical (unpaired) electrons. The number of pyridine rings is 1. The minimum atomic E-state index is -4.27. The van der Waals surface area contributed by atoms with Gasteiger partial charge in [0.2, 0.25) is 0 Å². The minimum Gasteiger partial charge on any atom is -0.462 e. The Labute approximate surface area is 143 Å². The summed E-state index contributed by atoms with van der Waals surface area (Å²) in [6.07, 6.45) is 0.484. The third-order valence-electron chi connectivity index (χ3n) is 4.60. The molecule has 2 aromatic heterocycles. The molecule has 0 bridgehead atoms. The Kier molecular flexibility index (Phi) is 4.87. The molecule has 8 heteroatoms. The number of halogens is 3. The topological polar surface area (TPSA) is 67.0 Å². The number of hydrogen-bond donors (Lipinski definition) is 2. The summed E-state index contributed by atoms with van der Waals surface area (Å²) in [7, 11) is 0. The average Bonchev–Trinajstić information content (AvgIpc) is 3.04. The average molecular weight is 355 g/mol. The largest absolute Gasteiger partial charge is 0.462 e. The van der Waals surface area contributed by atoms with Crippen molar-refractivity contribution in [1.29, 1.82) is 0 Å². The van der Waals surface area contributed by atoms with Crippen LogP contribution in [0.2, 0.25) is 0 Å². The quantitative estimate of drug-likeness (QED) is 0.804. The van der Waals surface area contributed by atoms with E-state index in [4.69, 9.17) is 4.74 Å². The van der Waals surface area contributed by atoms with Crippen LogP contribution in [-0.2, 0) is 4.74 Å². The summed E-state index contributed by atoms with van der Waals surface area (Å²) < 4.78 is 45.2. The van der Waals surface area contributed by atoms with Crippen LogP contribution in [-0.4, -0.2) is 34.8 Å². The standard InChI is InChI=1S/C17H20F3N3O2/c1-2-25-16(24)11-9-22-15-10(7-8-21-15)14(11)23-13-6-4-3-5-12(13)17(18,19)20/h7-9,12-13H,2-6H2,1H3,(H2,21,22,23)/t12-,13+/m0/s1. The number of ether oxygens (including phenoxy) is 1. The van der Waals surface area contributed by atoms with Crippen molar-refractivity contribution >= 4 is 22.7 Å². The first kappa shape index (κ1) is 17.6. The highest BCUT2D eigenvalue weighted by Crippen LogP contribution is 2.40. The number of rotatable bonds is 4. The first-order valence-corrected chi connectivity index (χ1v) is 8.38. The summed E-state index contributed by atoms with van der Waals surface area (Å²) in [5, 5.41) is 3.57. The third kappa shape index (κ3) is 3.57. The lowest BCUT2D eigenvalue weighted by Gasteiger charge is -2.34. The van der Waals surface area contributed by atoms with Gasteiger partial charge < -0.3 is 15.0 Å². The van der Waals surface area contributed by atoms with Crippen LogP contribution in [0.4, 0.5) is 18.9 Å². The number of aromatic nitrogens is 2. The Morgan fingerprint density at radius 3 is 2.88 bits per heavy atom. The number of nitrogens with one attached hydrogen (secondary N) is 2. The molecule has 1 fully saturated rings. The second kappa shape index (κ2) is 6.93. The van der Waals surface area contributed by atoms with Crippen molar-refractivity contribution in [2.75, 3.05) is 11.9 Å². The van der Waals surface area contributed by atoms with E-state index in [1.165, 1.54) is 6.20 Å². The number of H-pyrrole nitrogens is 1. The number of fused-ring (bicyclic) bond motifs is 1. The van der Waals surface area contributed by atoms with E-state index in [1.807, 2.05) is 0 Å². The zero-order valence-corrected chi connectivity index (χ0v) is 13.8. The van der Waals surface area contributed by atoms with Gasteiger partial charge in [-0.3, -0.25) is 0 Å². The lowest BCUT2D eigenvalue weighted by atomic mass is 9.83. The highest BCUT2D eigenvalue weighted by Gasteiger charge is 2.45. The van der Waals surface area contributed by atoms with E-state index in [2.05, 4.69) is 15.3 Å². The van der Waals surface area contributed by atoms with Gasteiger partial charge in [0, 0.05) is 23.8 Å². The smallest absolute Gasteiger partial charge is 0.393 e. The SMILES string of the molecule is CCOC(=O)c1cnc2[nH]ccc2c1N[C@@H]1CCCC[C@@H]1C(F)(F)F. The zero-order valence-electron chi connectivity index (χ0n) is 13.8. The van der Waals surface area contributed by atoms with Crippen LogP contribution in [0, 0.1) is 5.92 Å². The Bertz CT molecular complexity index is 757. The van der Waals surface area contributed by atoms with E-state index in [0.717, 1.165) is 6.42 Å². The van der Waals surface area contributed by atoms with E-state index in [-0.39, 0.29) is 18.6 Å². The fourth-order valence-electron chi connectivity index (χ4n) is 3.41. The molecule has 5 nitrogen and oxygen atoms in total. The Morgan fingerprint density at radius 2 is 2.16 bits per heavy atom. The minimum absolute atomic E-state index is 0.0945. The number of anilines is 1. The van der Waals surface area contributed by atoms with Crippen molar-refractivity contribution in [3.05, 3.63) is 24.0 Å². The van der Waals surface area contributed by atoms with Crippen molar-refractivity contribution in [2.24, 2.45) is 5.92 Å². The molecule has 2 atom stereocenters. The van der Waals surface area contributed by atoms with Crippen molar-refractivity contribution < 1.29 is 22.7 Å². The van der Waals surface area contributed by atoms with E-state index < -0.39 is 24.1 Å². The van der Waals surface area contributed by atoms with Crippen LogP contribution in [0.5, 0.6) is 0 Å². The maximum Gasteiger partial charge on any atom is 0.393 e. The zero-order chi connectivity index (χ0) is 18.0. The number of aromatic amines is 1. The van der Waals surface area contributed by atoms with Crippen LogP contribution in [0.1, 0.15) is 43.0 Å². The molecule has 0 amide bonds. The fourth-order valence-corrected chi connectivity index (χ4v) is 3.41. The molecule has 2 N–H and O–H groups in total. The number of carbonyl (C=O) groups is 1. The molecule has 0 aromatic carbocycles. The Morgan fingerprint density at radius 1 is 1.40 bits per heavy atom. The third-order valence-corrected chi connectivity index (χ3v) is 4.60. The summed E-state index contributed by atoms with van der Waals surface area (Å²) in [6, 6.07) is 0.918. The highest BCUT2D eigenvalue weighted by atomic mass is 19.4.